The van der Waals surface area contributed by atoms with Gasteiger partial charge < -0.3 is 14.9 Å². The summed E-state index contributed by atoms with van der Waals surface area (Å²) in [5.74, 6) is 0. The molecule has 0 atom stereocenters. The molecule has 1 rings (SSSR count). The molecule has 1 saturated heterocycles. The van der Waals surface area contributed by atoms with Crippen molar-refractivity contribution >= 4 is 0 Å². The van der Waals surface area contributed by atoms with E-state index in [1.54, 1.807) is 0 Å². The van der Waals surface area contributed by atoms with Crippen LogP contribution < -0.4 is 0 Å². The van der Waals surface area contributed by atoms with E-state index in [1.165, 1.54) is 26.2 Å². The van der Waals surface area contributed by atoms with E-state index in [0.29, 0.717) is 6.61 Å². The summed E-state index contributed by atoms with van der Waals surface area (Å²) in [6.07, 6.45) is 0.902. The minimum atomic E-state index is 0.255. The molecular formula is C11H24N2O. The Kier molecular flexibility index (Phi) is 4.35. The van der Waals surface area contributed by atoms with Crippen LogP contribution >= 0.6 is 0 Å². The van der Waals surface area contributed by atoms with Gasteiger partial charge in [-0.2, -0.15) is 0 Å². The SMILES string of the molecule is CN1CCN(CC(C)(C)CCO)CC1. The molecule has 1 aliphatic rings. The summed E-state index contributed by atoms with van der Waals surface area (Å²) in [5, 5.41) is 8.95. The Morgan fingerprint density at radius 1 is 1.14 bits per heavy atom. The minimum Gasteiger partial charge on any atom is -0.396 e. The zero-order valence-corrected chi connectivity index (χ0v) is 9.79. The van der Waals surface area contributed by atoms with E-state index in [0.717, 1.165) is 13.0 Å². The van der Waals surface area contributed by atoms with Gasteiger partial charge in [-0.15, -0.1) is 0 Å². The van der Waals surface area contributed by atoms with Crippen molar-refractivity contribution in [2.24, 2.45) is 5.41 Å². The van der Waals surface area contributed by atoms with Gasteiger partial charge in [0.15, 0.2) is 0 Å². The van der Waals surface area contributed by atoms with Crippen molar-refractivity contribution in [2.75, 3.05) is 46.4 Å². The van der Waals surface area contributed by atoms with Crippen molar-refractivity contribution in [3.8, 4) is 0 Å². The minimum absolute atomic E-state index is 0.255. The third-order valence-electron chi connectivity index (χ3n) is 3.04. The molecule has 3 nitrogen and oxygen atoms in total. The number of aliphatic hydroxyl groups is 1. The number of rotatable bonds is 4. The zero-order chi connectivity index (χ0) is 10.6. The van der Waals surface area contributed by atoms with Gasteiger partial charge in [0.2, 0.25) is 0 Å². The lowest BCUT2D eigenvalue weighted by molar-refractivity contribution is 0.0955. The van der Waals surface area contributed by atoms with Crippen LogP contribution in [0.3, 0.4) is 0 Å². The van der Waals surface area contributed by atoms with Gasteiger partial charge in [0.25, 0.3) is 0 Å². The second-order valence-electron chi connectivity index (χ2n) is 5.22. The maximum Gasteiger partial charge on any atom is 0.0436 e. The Morgan fingerprint density at radius 3 is 2.21 bits per heavy atom. The predicted molar refractivity (Wildman–Crippen MR) is 59.4 cm³/mol. The van der Waals surface area contributed by atoms with Crippen molar-refractivity contribution in [1.82, 2.24) is 9.80 Å². The number of piperazine rings is 1. The Morgan fingerprint density at radius 2 is 1.71 bits per heavy atom. The molecule has 0 saturated carbocycles. The van der Waals surface area contributed by atoms with Crippen LogP contribution in [0.5, 0.6) is 0 Å². The average Bonchev–Trinajstić information content (AvgIpc) is 2.08. The predicted octanol–water partition coefficient (Wildman–Crippen LogP) is 0.642. The molecule has 0 aromatic carbocycles. The summed E-state index contributed by atoms with van der Waals surface area (Å²) in [4.78, 5) is 4.88. The van der Waals surface area contributed by atoms with Crippen LogP contribution in [0, 0.1) is 5.41 Å². The van der Waals surface area contributed by atoms with Crippen LogP contribution in [0.15, 0.2) is 0 Å². The number of hydrogen-bond donors (Lipinski definition) is 1. The molecule has 0 radical (unpaired) electrons. The molecule has 1 aliphatic heterocycles. The Balaban J connectivity index is 2.29. The van der Waals surface area contributed by atoms with Gasteiger partial charge in [-0.25, -0.2) is 0 Å². The summed E-state index contributed by atoms with van der Waals surface area (Å²) in [6.45, 7) is 10.6. The normalized spacial score (nSPS) is 21.4. The third kappa shape index (κ3) is 3.95. The second kappa shape index (κ2) is 5.10. The molecule has 14 heavy (non-hydrogen) atoms. The molecule has 0 aliphatic carbocycles. The molecule has 1 heterocycles. The molecule has 0 unspecified atom stereocenters. The lowest BCUT2D eigenvalue weighted by Gasteiger charge is -2.37. The van der Waals surface area contributed by atoms with Gasteiger partial charge in [-0.3, -0.25) is 0 Å². The van der Waals surface area contributed by atoms with E-state index in [1.807, 2.05) is 0 Å². The molecule has 84 valence electrons. The zero-order valence-electron chi connectivity index (χ0n) is 9.79. The Hall–Kier alpha value is -0.120. The van der Waals surface area contributed by atoms with Crippen LogP contribution in [0.25, 0.3) is 0 Å². The molecule has 0 aromatic rings. The van der Waals surface area contributed by atoms with E-state index in [9.17, 15) is 0 Å². The van der Waals surface area contributed by atoms with Crippen LogP contribution in [0.1, 0.15) is 20.3 Å². The molecule has 0 spiro atoms. The average molecular weight is 200 g/mol. The lowest BCUT2D eigenvalue weighted by Crippen LogP contribution is -2.47. The van der Waals surface area contributed by atoms with Gasteiger partial charge in [-0.1, -0.05) is 13.8 Å². The van der Waals surface area contributed by atoms with Gasteiger partial charge in [0.1, 0.15) is 0 Å². The number of likely N-dealkylation sites (N-methyl/N-ethyl adjacent to an activating group) is 1. The monoisotopic (exact) mass is 200 g/mol. The first-order valence-corrected chi connectivity index (χ1v) is 5.55. The van der Waals surface area contributed by atoms with Gasteiger partial charge >= 0.3 is 0 Å². The van der Waals surface area contributed by atoms with Crippen molar-refractivity contribution in [2.45, 2.75) is 20.3 Å². The Labute approximate surface area is 87.7 Å². The fraction of sp³-hybridized carbons (Fsp3) is 1.00. The van der Waals surface area contributed by atoms with Crippen molar-refractivity contribution in [3.05, 3.63) is 0 Å². The van der Waals surface area contributed by atoms with E-state index < -0.39 is 0 Å². The van der Waals surface area contributed by atoms with Crippen molar-refractivity contribution in [1.29, 1.82) is 0 Å². The van der Waals surface area contributed by atoms with Crippen LogP contribution in [-0.4, -0.2) is 61.3 Å². The van der Waals surface area contributed by atoms with Crippen LogP contribution in [0.4, 0.5) is 0 Å². The highest BCUT2D eigenvalue weighted by atomic mass is 16.3. The smallest absolute Gasteiger partial charge is 0.0436 e. The number of hydrogen-bond acceptors (Lipinski definition) is 3. The van der Waals surface area contributed by atoms with E-state index >= 15 is 0 Å². The molecule has 0 aromatic heterocycles. The number of aliphatic hydroxyl groups excluding tert-OH is 1. The molecule has 0 bridgehead atoms. The third-order valence-corrected chi connectivity index (χ3v) is 3.04. The van der Waals surface area contributed by atoms with Crippen LogP contribution in [0.2, 0.25) is 0 Å². The molecule has 0 amide bonds. The topological polar surface area (TPSA) is 26.7 Å². The fourth-order valence-corrected chi connectivity index (χ4v) is 1.99. The van der Waals surface area contributed by atoms with Gasteiger partial charge in [-0.05, 0) is 18.9 Å². The maximum atomic E-state index is 8.95. The van der Waals surface area contributed by atoms with E-state index in [4.69, 9.17) is 5.11 Å². The summed E-state index contributed by atoms with van der Waals surface area (Å²) >= 11 is 0. The van der Waals surface area contributed by atoms with Gasteiger partial charge in [0, 0.05) is 39.3 Å². The summed E-state index contributed by atoms with van der Waals surface area (Å²) < 4.78 is 0. The van der Waals surface area contributed by atoms with Crippen LogP contribution in [-0.2, 0) is 0 Å². The van der Waals surface area contributed by atoms with Crippen molar-refractivity contribution < 1.29 is 5.11 Å². The molecule has 3 heteroatoms. The Bertz CT molecular complexity index is 163. The lowest BCUT2D eigenvalue weighted by atomic mass is 9.89. The summed E-state index contributed by atoms with van der Waals surface area (Å²) in [7, 11) is 2.18. The van der Waals surface area contributed by atoms with E-state index in [2.05, 4.69) is 30.7 Å². The molecule has 1 fully saturated rings. The first kappa shape index (κ1) is 12.0. The molecule has 1 N–H and O–H groups in total. The van der Waals surface area contributed by atoms with Gasteiger partial charge in [0.05, 0.1) is 0 Å². The highest BCUT2D eigenvalue weighted by Crippen LogP contribution is 2.21. The number of nitrogens with zero attached hydrogens (tertiary/aromatic N) is 2. The highest BCUT2D eigenvalue weighted by molar-refractivity contribution is 4.77. The fourth-order valence-electron chi connectivity index (χ4n) is 1.99. The van der Waals surface area contributed by atoms with Crippen molar-refractivity contribution in [3.63, 3.8) is 0 Å². The summed E-state index contributed by atoms with van der Waals surface area (Å²) in [5.41, 5.74) is 0.255. The van der Waals surface area contributed by atoms with E-state index in [-0.39, 0.29) is 5.41 Å². The first-order valence-electron chi connectivity index (χ1n) is 5.55. The largest absolute Gasteiger partial charge is 0.396 e. The summed E-state index contributed by atoms with van der Waals surface area (Å²) in [6, 6.07) is 0. The highest BCUT2D eigenvalue weighted by Gasteiger charge is 2.23. The second-order valence-corrected chi connectivity index (χ2v) is 5.22. The standard InChI is InChI=1S/C11H24N2O/c1-11(2,4-9-14)10-13-7-5-12(3)6-8-13/h14H,4-10H2,1-3H3. The maximum absolute atomic E-state index is 8.95. The quantitative estimate of drug-likeness (QED) is 0.721. The first-order chi connectivity index (χ1) is 6.53. The molecular weight excluding hydrogens is 176 g/mol.